The van der Waals surface area contributed by atoms with E-state index >= 15 is 4.39 Å². The number of methoxy groups -OCH3 is 1. The number of amides is 1. The van der Waals surface area contributed by atoms with Crippen LogP contribution in [0.5, 0.6) is 5.75 Å². The van der Waals surface area contributed by atoms with Crippen LogP contribution < -0.4 is 10.1 Å². The maximum Gasteiger partial charge on any atom is 0.261 e. The smallest absolute Gasteiger partial charge is 0.261 e. The largest absolute Gasteiger partial charge is 0.496 e. The minimum Gasteiger partial charge on any atom is -0.496 e. The number of hydrogen-bond donors (Lipinski definition) is 2. The molecule has 1 aliphatic carbocycles. The number of ether oxygens (including phenoxy) is 1. The van der Waals surface area contributed by atoms with E-state index in [1.807, 2.05) is 6.07 Å². The molecule has 2 N–H and O–H groups in total. The Morgan fingerprint density at radius 3 is 2.92 bits per heavy atom. The van der Waals surface area contributed by atoms with Crippen molar-refractivity contribution < 1.29 is 13.9 Å². The number of imidazole rings is 1. The van der Waals surface area contributed by atoms with Gasteiger partial charge in [-0.05, 0) is 56.0 Å². The van der Waals surface area contributed by atoms with E-state index in [1.54, 1.807) is 30.5 Å². The average molecular weight is 552 g/mol. The molecule has 1 amide bonds. The standard InChI is InChI=1S/C26H23ClFN7O2S/c1-37-20-7-3-6-16(28)23(20)25-33-18-12-29-17(24-30-13-31-34-24)11-19(18)35(25)15-5-2-4-14(10-15)32-26(36)21-8-9-22(27)38-21/h3,6-9,11-15H,2,4-5,10H2,1H3,(H,32,36)(H,30,31,34)/t14-,15+/m0/s1. The van der Waals surface area contributed by atoms with Gasteiger partial charge in [-0.3, -0.25) is 14.9 Å². The lowest BCUT2D eigenvalue weighted by molar-refractivity contribution is 0.0925. The summed E-state index contributed by atoms with van der Waals surface area (Å²) in [6, 6.07) is 9.93. The average Bonchev–Trinajstić information content (AvgIpc) is 3.68. The number of fused-ring (bicyclic) bond motifs is 1. The minimum atomic E-state index is -0.431. The van der Waals surface area contributed by atoms with Crippen molar-refractivity contribution in [3.05, 3.63) is 64.0 Å². The Hall–Kier alpha value is -3.83. The van der Waals surface area contributed by atoms with Crippen LogP contribution in [0.4, 0.5) is 4.39 Å². The van der Waals surface area contributed by atoms with Crippen LogP contribution in [0.25, 0.3) is 33.9 Å². The third-order valence-electron chi connectivity index (χ3n) is 6.80. The Kier molecular flexibility index (Phi) is 6.54. The van der Waals surface area contributed by atoms with Crippen LogP contribution in [0.2, 0.25) is 4.34 Å². The minimum absolute atomic E-state index is 0.0599. The normalized spacial score (nSPS) is 17.6. The molecule has 1 saturated carbocycles. The van der Waals surface area contributed by atoms with Crippen LogP contribution >= 0.6 is 22.9 Å². The van der Waals surface area contributed by atoms with E-state index in [1.165, 1.54) is 30.8 Å². The van der Waals surface area contributed by atoms with Crippen molar-refractivity contribution in [1.82, 2.24) is 35.0 Å². The van der Waals surface area contributed by atoms with Crippen molar-refractivity contribution in [3.8, 4) is 28.7 Å². The molecule has 38 heavy (non-hydrogen) atoms. The zero-order valence-electron chi connectivity index (χ0n) is 20.3. The molecule has 1 aromatic carbocycles. The fraction of sp³-hybridized carbons (Fsp3) is 0.269. The van der Waals surface area contributed by atoms with Crippen LogP contribution in [0.1, 0.15) is 41.4 Å². The van der Waals surface area contributed by atoms with E-state index in [0.717, 1.165) is 24.8 Å². The first kappa shape index (κ1) is 24.5. The molecule has 0 bridgehead atoms. The van der Waals surface area contributed by atoms with Crippen molar-refractivity contribution in [1.29, 1.82) is 0 Å². The number of hydrogen-bond acceptors (Lipinski definition) is 7. The molecule has 0 saturated heterocycles. The van der Waals surface area contributed by atoms with Gasteiger partial charge in [-0.25, -0.2) is 14.4 Å². The van der Waals surface area contributed by atoms with E-state index in [0.29, 0.717) is 44.2 Å². The van der Waals surface area contributed by atoms with Crippen LogP contribution in [0, 0.1) is 5.82 Å². The van der Waals surface area contributed by atoms with Crippen molar-refractivity contribution >= 4 is 39.9 Å². The monoisotopic (exact) mass is 551 g/mol. The molecule has 12 heteroatoms. The van der Waals surface area contributed by atoms with Crippen molar-refractivity contribution in [2.24, 2.45) is 0 Å². The third kappa shape index (κ3) is 4.52. The number of pyridine rings is 1. The molecule has 0 spiro atoms. The van der Waals surface area contributed by atoms with Gasteiger partial charge in [-0.1, -0.05) is 17.7 Å². The molecular formula is C26H23ClFN7O2S. The fourth-order valence-electron chi connectivity index (χ4n) is 5.12. The Morgan fingerprint density at radius 1 is 1.26 bits per heavy atom. The lowest BCUT2D eigenvalue weighted by Crippen LogP contribution is -2.38. The summed E-state index contributed by atoms with van der Waals surface area (Å²) in [4.78, 5) is 27.0. The number of carbonyl (C=O) groups is 1. The summed E-state index contributed by atoms with van der Waals surface area (Å²) in [6.45, 7) is 0. The lowest BCUT2D eigenvalue weighted by Gasteiger charge is -2.32. The Balaban J connectivity index is 1.43. The van der Waals surface area contributed by atoms with E-state index < -0.39 is 5.82 Å². The van der Waals surface area contributed by atoms with Crippen LogP contribution in [0.15, 0.2) is 48.9 Å². The van der Waals surface area contributed by atoms with Crippen LogP contribution in [0.3, 0.4) is 0 Å². The molecule has 1 aliphatic rings. The number of benzene rings is 1. The Morgan fingerprint density at radius 2 is 2.16 bits per heavy atom. The maximum absolute atomic E-state index is 15.3. The molecule has 4 heterocycles. The topological polar surface area (TPSA) is 111 Å². The van der Waals surface area contributed by atoms with Crippen molar-refractivity contribution in [2.45, 2.75) is 37.8 Å². The first-order valence-electron chi connectivity index (χ1n) is 12.1. The lowest BCUT2D eigenvalue weighted by atomic mass is 9.90. The van der Waals surface area contributed by atoms with Gasteiger partial charge in [0.2, 0.25) is 0 Å². The van der Waals surface area contributed by atoms with E-state index in [-0.39, 0.29) is 23.6 Å². The van der Waals surface area contributed by atoms with Crippen LogP contribution in [-0.2, 0) is 0 Å². The number of aromatic amines is 1. The molecule has 5 aromatic rings. The Labute approximate surface area is 226 Å². The predicted molar refractivity (Wildman–Crippen MR) is 143 cm³/mol. The summed E-state index contributed by atoms with van der Waals surface area (Å²) in [5, 5.41) is 9.93. The van der Waals surface area contributed by atoms with Gasteiger partial charge < -0.3 is 14.6 Å². The van der Waals surface area contributed by atoms with Gasteiger partial charge in [-0.2, -0.15) is 5.10 Å². The summed E-state index contributed by atoms with van der Waals surface area (Å²) in [5.74, 6) is 0.789. The second-order valence-electron chi connectivity index (χ2n) is 9.11. The summed E-state index contributed by atoms with van der Waals surface area (Å²) >= 11 is 7.28. The van der Waals surface area contributed by atoms with Gasteiger partial charge >= 0.3 is 0 Å². The molecule has 0 aliphatic heterocycles. The Bertz CT molecular complexity index is 1620. The third-order valence-corrected chi connectivity index (χ3v) is 8.03. The maximum atomic E-state index is 15.3. The highest BCUT2D eigenvalue weighted by atomic mass is 35.5. The van der Waals surface area contributed by atoms with Gasteiger partial charge in [0.25, 0.3) is 5.91 Å². The number of halogens is 2. The van der Waals surface area contributed by atoms with E-state index in [9.17, 15) is 4.79 Å². The second-order valence-corrected chi connectivity index (χ2v) is 10.8. The molecule has 9 nitrogen and oxygen atoms in total. The number of nitrogens with one attached hydrogen (secondary N) is 2. The highest BCUT2D eigenvalue weighted by molar-refractivity contribution is 7.18. The quantitative estimate of drug-likeness (QED) is 0.282. The molecule has 1 fully saturated rings. The summed E-state index contributed by atoms with van der Waals surface area (Å²) < 4.78 is 23.5. The molecule has 0 unspecified atom stereocenters. The highest BCUT2D eigenvalue weighted by Gasteiger charge is 2.30. The zero-order chi connectivity index (χ0) is 26.2. The van der Waals surface area contributed by atoms with Gasteiger partial charge in [0.1, 0.15) is 34.9 Å². The molecule has 4 aromatic heterocycles. The van der Waals surface area contributed by atoms with E-state index in [4.69, 9.17) is 21.3 Å². The summed E-state index contributed by atoms with van der Waals surface area (Å²) in [5.41, 5.74) is 2.28. The number of rotatable bonds is 6. The summed E-state index contributed by atoms with van der Waals surface area (Å²) in [7, 11) is 1.51. The molecular weight excluding hydrogens is 529 g/mol. The van der Waals surface area contributed by atoms with Gasteiger partial charge in [0, 0.05) is 12.1 Å². The fourth-order valence-corrected chi connectivity index (χ4v) is 6.06. The molecule has 6 rings (SSSR count). The van der Waals surface area contributed by atoms with Crippen molar-refractivity contribution in [2.75, 3.05) is 7.11 Å². The number of aromatic nitrogens is 6. The van der Waals surface area contributed by atoms with Gasteiger partial charge in [0.05, 0.1) is 33.6 Å². The molecule has 2 atom stereocenters. The number of H-pyrrole nitrogens is 1. The first-order chi connectivity index (χ1) is 18.5. The number of carbonyl (C=O) groups excluding carboxylic acids is 1. The van der Waals surface area contributed by atoms with Crippen LogP contribution in [-0.4, -0.2) is 48.8 Å². The second kappa shape index (κ2) is 10.1. The first-order valence-corrected chi connectivity index (χ1v) is 13.3. The van der Waals surface area contributed by atoms with Crippen molar-refractivity contribution in [3.63, 3.8) is 0 Å². The molecule has 0 radical (unpaired) electrons. The van der Waals surface area contributed by atoms with Gasteiger partial charge in [-0.15, -0.1) is 11.3 Å². The zero-order valence-corrected chi connectivity index (χ0v) is 21.9. The predicted octanol–water partition coefficient (Wildman–Crippen LogP) is 5.66. The van der Waals surface area contributed by atoms with Gasteiger partial charge in [0.15, 0.2) is 5.82 Å². The molecule has 194 valence electrons. The SMILES string of the molecule is COc1cccc(F)c1-c1nc2cnc(-c3ncn[nH]3)cc2n1[C@@H]1CCC[C@H](NC(=O)c2ccc(Cl)s2)C1. The highest BCUT2D eigenvalue weighted by Crippen LogP contribution is 2.40. The summed E-state index contributed by atoms with van der Waals surface area (Å²) in [6.07, 6.45) is 6.30. The number of nitrogens with zero attached hydrogens (tertiary/aromatic N) is 5. The number of thiophene rings is 1. The van der Waals surface area contributed by atoms with E-state index in [2.05, 4.69) is 30.0 Å².